The molecule has 0 radical (unpaired) electrons. The highest BCUT2D eigenvalue weighted by Crippen LogP contribution is 2.15. The molecule has 0 bridgehead atoms. The molecule has 11 heteroatoms. The van der Waals surface area contributed by atoms with E-state index in [0.29, 0.717) is 5.69 Å². The number of nitrogens with one attached hydrogen (secondary N) is 2. The van der Waals surface area contributed by atoms with Gasteiger partial charge >= 0.3 is 5.97 Å². The number of methoxy groups -OCH3 is 1. The molecule has 0 aromatic heterocycles. The van der Waals surface area contributed by atoms with Crippen molar-refractivity contribution >= 4 is 33.3 Å². The number of hydrazine groups is 1. The fraction of sp³-hybridized carbons (Fsp3) is 0.300. The maximum absolute atomic E-state index is 11.5. The number of esters is 1. The molecule has 0 saturated heterocycles. The molecule has 0 aliphatic rings. The smallest absolute Gasteiger partial charge is 0.332 e. The van der Waals surface area contributed by atoms with Gasteiger partial charge in [0.15, 0.2) is 0 Å². The van der Waals surface area contributed by atoms with E-state index in [4.69, 9.17) is 0 Å². The Morgan fingerprint density at radius 2 is 1.86 bits per heavy atom. The molecule has 0 spiro atoms. The minimum Gasteiger partial charge on any atom is -0.468 e. The predicted octanol–water partition coefficient (Wildman–Crippen LogP) is 1.05. The lowest BCUT2D eigenvalue weighted by Gasteiger charge is -2.17. The molecule has 0 saturated carbocycles. The van der Waals surface area contributed by atoms with E-state index < -0.39 is 26.8 Å². The summed E-state index contributed by atoms with van der Waals surface area (Å²) in [6.07, 6.45) is 0. The molecule has 2 atom stereocenters. The van der Waals surface area contributed by atoms with E-state index in [-0.39, 0.29) is 5.69 Å². The third-order valence-electron chi connectivity index (χ3n) is 2.38. The number of hydrogen-bond acceptors (Lipinski definition) is 8. The van der Waals surface area contributed by atoms with Crippen molar-refractivity contribution in [2.75, 3.05) is 12.5 Å². The van der Waals surface area contributed by atoms with Crippen LogP contribution in [-0.2, 0) is 9.53 Å². The molecule has 2 N–H and O–H groups in total. The molecule has 0 aliphatic heterocycles. The van der Waals surface area contributed by atoms with Crippen LogP contribution in [0.5, 0.6) is 0 Å². The molecule has 0 aliphatic carbocycles. The summed E-state index contributed by atoms with van der Waals surface area (Å²) in [5.74, 6) is -0.844. The van der Waals surface area contributed by atoms with Gasteiger partial charge in [-0.3, -0.25) is 20.2 Å². The highest BCUT2D eigenvalue weighted by Gasteiger charge is 2.35. The van der Waals surface area contributed by atoms with Crippen LogP contribution in [-0.4, -0.2) is 33.9 Å². The van der Waals surface area contributed by atoms with Gasteiger partial charge in [-0.1, -0.05) is 0 Å². The third kappa shape index (κ3) is 4.65. The molecule has 1 aromatic rings. The number of ether oxygens (including phenoxy) is 1. The van der Waals surface area contributed by atoms with E-state index in [9.17, 15) is 25.0 Å². The number of non-ortho nitro benzene ring substituents is 1. The summed E-state index contributed by atoms with van der Waals surface area (Å²) in [6, 6.07) is 3.97. The fourth-order valence-electron chi connectivity index (χ4n) is 1.32. The van der Waals surface area contributed by atoms with Crippen LogP contribution in [0.1, 0.15) is 0 Å². The number of hydrogen-bond donors (Lipinski definition) is 2. The minimum atomic E-state index is -1.41. The average molecular weight is 363 g/mol. The highest BCUT2D eigenvalue weighted by atomic mass is 79.9. The van der Waals surface area contributed by atoms with E-state index in [1.165, 1.54) is 24.3 Å². The largest absolute Gasteiger partial charge is 0.468 e. The van der Waals surface area contributed by atoms with Crippen molar-refractivity contribution in [2.45, 2.75) is 11.0 Å². The lowest BCUT2D eigenvalue weighted by atomic mass is 10.3. The summed E-state index contributed by atoms with van der Waals surface area (Å²) in [5, 5.41) is 21.2. The second-order valence-corrected chi connectivity index (χ2v) is 4.67. The lowest BCUT2D eigenvalue weighted by Crippen LogP contribution is -2.49. The van der Waals surface area contributed by atoms with Gasteiger partial charge in [-0.2, -0.15) is 0 Å². The van der Waals surface area contributed by atoms with Gasteiger partial charge in [0.05, 0.1) is 12.0 Å². The second kappa shape index (κ2) is 7.50. The lowest BCUT2D eigenvalue weighted by molar-refractivity contribution is -0.494. The highest BCUT2D eigenvalue weighted by molar-refractivity contribution is 9.09. The number of nitrogens with zero attached hydrogens (tertiary/aromatic N) is 2. The first-order valence-electron chi connectivity index (χ1n) is 5.48. The van der Waals surface area contributed by atoms with Gasteiger partial charge in [0.1, 0.15) is 0 Å². The van der Waals surface area contributed by atoms with Crippen LogP contribution in [0, 0.1) is 20.2 Å². The number of carbonyl (C=O) groups excluding carboxylic acids is 1. The van der Waals surface area contributed by atoms with Gasteiger partial charge in [-0.15, -0.1) is 0 Å². The van der Waals surface area contributed by atoms with E-state index in [1.807, 2.05) is 0 Å². The third-order valence-corrected chi connectivity index (χ3v) is 3.24. The summed E-state index contributed by atoms with van der Waals surface area (Å²) >= 11 is 2.76. The zero-order valence-electron chi connectivity index (χ0n) is 10.7. The van der Waals surface area contributed by atoms with Crippen molar-refractivity contribution < 1.29 is 19.4 Å². The molecule has 114 valence electrons. The Balaban J connectivity index is 2.74. The maximum atomic E-state index is 11.5. The van der Waals surface area contributed by atoms with Gasteiger partial charge in [-0.05, 0) is 28.1 Å². The summed E-state index contributed by atoms with van der Waals surface area (Å²) in [7, 11) is 1.10. The van der Waals surface area contributed by atoms with Crippen molar-refractivity contribution in [3.63, 3.8) is 0 Å². The molecule has 1 rings (SSSR count). The minimum absolute atomic E-state index is 0.103. The standard InChI is InChI=1S/C10H11BrN4O6/c1-21-10(16)8(9(11)15(19)20)13-12-6-2-4-7(5-3-6)14(17)18/h2-5,8-9,12-13H,1H3. The SMILES string of the molecule is COC(=O)C(NNc1ccc([N+](=O)[O-])cc1)C(Br)[N+](=O)[O-]. The van der Waals surface area contributed by atoms with Crippen LogP contribution in [0.25, 0.3) is 0 Å². The summed E-state index contributed by atoms with van der Waals surface area (Å²) in [5.41, 5.74) is 5.27. The van der Waals surface area contributed by atoms with Gasteiger partial charge in [0.2, 0.25) is 6.04 Å². The number of carbonyl (C=O) groups is 1. The number of rotatable bonds is 7. The molecule has 1 aromatic carbocycles. The van der Waals surface area contributed by atoms with Gasteiger partial charge < -0.3 is 10.2 Å². The van der Waals surface area contributed by atoms with Crippen molar-refractivity contribution in [3.05, 3.63) is 44.5 Å². The molecule has 10 nitrogen and oxygen atoms in total. The molecular formula is C10H11BrN4O6. The van der Waals surface area contributed by atoms with Crippen molar-refractivity contribution in [3.8, 4) is 0 Å². The van der Waals surface area contributed by atoms with Gasteiger partial charge in [0.25, 0.3) is 10.6 Å². The topological polar surface area (TPSA) is 137 Å². The van der Waals surface area contributed by atoms with Crippen LogP contribution < -0.4 is 10.9 Å². The Bertz CT molecular complexity index is 537. The Labute approximate surface area is 126 Å². The van der Waals surface area contributed by atoms with Gasteiger partial charge in [-0.25, -0.2) is 10.2 Å². The number of nitro benzene ring substituents is 1. The second-order valence-electron chi connectivity index (χ2n) is 3.73. The molecule has 0 fully saturated rings. The quantitative estimate of drug-likeness (QED) is 0.241. The van der Waals surface area contributed by atoms with Crippen molar-refractivity contribution in [1.29, 1.82) is 0 Å². The Kier molecular flexibility index (Phi) is 5.99. The first-order chi connectivity index (χ1) is 9.86. The van der Waals surface area contributed by atoms with Crippen LogP contribution in [0.2, 0.25) is 0 Å². The van der Waals surface area contributed by atoms with E-state index in [1.54, 1.807) is 0 Å². The Morgan fingerprint density at radius 1 is 1.29 bits per heavy atom. The Hall–Kier alpha value is -2.27. The fourth-order valence-corrected chi connectivity index (χ4v) is 1.66. The number of alkyl halides is 1. The van der Waals surface area contributed by atoms with Crippen LogP contribution in [0.4, 0.5) is 11.4 Å². The van der Waals surface area contributed by atoms with Crippen LogP contribution >= 0.6 is 15.9 Å². The average Bonchev–Trinajstić information content (AvgIpc) is 2.47. The number of halogens is 1. The van der Waals surface area contributed by atoms with Crippen LogP contribution in [0.3, 0.4) is 0 Å². The van der Waals surface area contributed by atoms with E-state index >= 15 is 0 Å². The first kappa shape index (κ1) is 16.8. The molecular weight excluding hydrogens is 352 g/mol. The summed E-state index contributed by atoms with van der Waals surface area (Å²) < 4.78 is 4.46. The predicted molar refractivity (Wildman–Crippen MR) is 75.4 cm³/mol. The van der Waals surface area contributed by atoms with Crippen molar-refractivity contribution in [1.82, 2.24) is 5.43 Å². The zero-order chi connectivity index (χ0) is 16.0. The number of anilines is 1. The zero-order valence-corrected chi connectivity index (χ0v) is 12.3. The Morgan fingerprint density at radius 3 is 2.29 bits per heavy atom. The summed E-state index contributed by atoms with van der Waals surface area (Å²) in [4.78, 5) is 30.0. The van der Waals surface area contributed by atoms with Crippen LogP contribution in [0.15, 0.2) is 24.3 Å². The first-order valence-corrected chi connectivity index (χ1v) is 6.39. The molecule has 21 heavy (non-hydrogen) atoms. The van der Waals surface area contributed by atoms with Crippen molar-refractivity contribution in [2.24, 2.45) is 0 Å². The monoisotopic (exact) mass is 362 g/mol. The van der Waals surface area contributed by atoms with E-state index in [2.05, 4.69) is 31.5 Å². The summed E-state index contributed by atoms with van der Waals surface area (Å²) in [6.45, 7) is 0. The molecule has 0 amide bonds. The number of benzene rings is 1. The van der Waals surface area contributed by atoms with E-state index in [0.717, 1.165) is 7.11 Å². The van der Waals surface area contributed by atoms with Gasteiger partial charge in [0, 0.05) is 22.7 Å². The molecule has 0 heterocycles. The number of nitro groups is 2. The maximum Gasteiger partial charge on any atom is 0.332 e. The normalized spacial score (nSPS) is 13.0. The molecule has 2 unspecified atom stereocenters.